The molecule has 0 bridgehead atoms. The van der Waals surface area contributed by atoms with E-state index >= 15 is 0 Å². The lowest BCUT2D eigenvalue weighted by Crippen LogP contribution is -2.47. The maximum atomic E-state index is 13.9. The molecule has 40 heavy (non-hydrogen) atoms. The maximum Gasteiger partial charge on any atom is 0.267 e. The Bertz CT molecular complexity index is 1490. The van der Waals surface area contributed by atoms with Gasteiger partial charge < -0.3 is 14.5 Å². The number of anilines is 2. The Morgan fingerprint density at radius 1 is 1.00 bits per heavy atom. The molecule has 0 radical (unpaired) electrons. The number of thiocarbonyl (C=S) groups is 1. The predicted octanol–water partition coefficient (Wildman–Crippen LogP) is 5.12. The minimum atomic E-state index is -0.186. The average molecular weight is 578 g/mol. The molecule has 0 spiro atoms. The van der Waals surface area contributed by atoms with Crippen molar-refractivity contribution in [2.45, 2.75) is 39.5 Å². The summed E-state index contributed by atoms with van der Waals surface area (Å²) >= 11 is 6.82. The zero-order valence-corrected chi connectivity index (χ0v) is 24.9. The molecule has 0 saturated carbocycles. The molecule has 1 aromatic carbocycles. The fourth-order valence-corrected chi connectivity index (χ4v) is 6.39. The van der Waals surface area contributed by atoms with E-state index in [9.17, 15) is 9.59 Å². The Labute approximate surface area is 244 Å². The Balaban J connectivity index is 1.45. The highest BCUT2D eigenvalue weighted by atomic mass is 32.2. The third-order valence-electron chi connectivity index (χ3n) is 7.39. The van der Waals surface area contributed by atoms with Gasteiger partial charge in [0, 0.05) is 44.6 Å². The number of thioether (sulfide) groups is 1. The van der Waals surface area contributed by atoms with Crippen LogP contribution in [0.2, 0.25) is 0 Å². The summed E-state index contributed by atoms with van der Waals surface area (Å²) < 4.78 is 7.42. The average Bonchev–Trinajstić information content (AvgIpc) is 3.24. The molecular formula is C30H35N5O3S2. The molecular weight excluding hydrogens is 542 g/mol. The van der Waals surface area contributed by atoms with E-state index in [2.05, 4.69) is 28.9 Å². The molecule has 210 valence electrons. The van der Waals surface area contributed by atoms with Crippen LogP contribution in [0.4, 0.5) is 11.5 Å². The van der Waals surface area contributed by atoms with Crippen molar-refractivity contribution in [1.82, 2.24) is 14.3 Å². The van der Waals surface area contributed by atoms with E-state index in [0.29, 0.717) is 45.9 Å². The van der Waals surface area contributed by atoms with Gasteiger partial charge in [-0.2, -0.15) is 0 Å². The highest BCUT2D eigenvalue weighted by Gasteiger charge is 2.33. The number of unbranched alkanes of at least 4 members (excludes halogenated alkanes) is 3. The van der Waals surface area contributed by atoms with Crippen LogP contribution in [-0.4, -0.2) is 64.3 Å². The van der Waals surface area contributed by atoms with Gasteiger partial charge in [0.05, 0.1) is 17.6 Å². The molecule has 2 aliphatic rings. The van der Waals surface area contributed by atoms with Crippen molar-refractivity contribution in [3.63, 3.8) is 0 Å². The number of benzene rings is 1. The van der Waals surface area contributed by atoms with Crippen LogP contribution in [0.25, 0.3) is 11.7 Å². The number of carbonyl (C=O) groups is 1. The number of methoxy groups -OCH3 is 1. The first kappa shape index (κ1) is 28.2. The van der Waals surface area contributed by atoms with Gasteiger partial charge in [-0.05, 0) is 55.3 Å². The van der Waals surface area contributed by atoms with E-state index in [1.54, 1.807) is 28.7 Å². The number of amides is 1. The van der Waals surface area contributed by atoms with Crippen LogP contribution in [-0.2, 0) is 4.79 Å². The smallest absolute Gasteiger partial charge is 0.267 e. The van der Waals surface area contributed by atoms with Gasteiger partial charge in [-0.1, -0.05) is 56.2 Å². The summed E-state index contributed by atoms with van der Waals surface area (Å²) in [4.78, 5) is 38.7. The van der Waals surface area contributed by atoms with Crippen molar-refractivity contribution in [1.29, 1.82) is 0 Å². The number of aromatic nitrogens is 2. The molecule has 2 fully saturated rings. The predicted molar refractivity (Wildman–Crippen MR) is 168 cm³/mol. The molecule has 1 amide bonds. The van der Waals surface area contributed by atoms with Crippen LogP contribution in [0.3, 0.4) is 0 Å². The van der Waals surface area contributed by atoms with Crippen LogP contribution >= 0.6 is 24.0 Å². The van der Waals surface area contributed by atoms with Gasteiger partial charge in [0.25, 0.3) is 11.5 Å². The number of rotatable bonds is 9. The number of piperazine rings is 1. The zero-order chi connectivity index (χ0) is 28.2. The van der Waals surface area contributed by atoms with Crippen molar-refractivity contribution >= 4 is 57.4 Å². The first-order chi connectivity index (χ1) is 19.4. The number of pyridine rings is 1. The van der Waals surface area contributed by atoms with Gasteiger partial charge in [0.1, 0.15) is 21.5 Å². The third-order valence-corrected chi connectivity index (χ3v) is 8.76. The van der Waals surface area contributed by atoms with Crippen molar-refractivity contribution in [2.24, 2.45) is 0 Å². The lowest BCUT2D eigenvalue weighted by molar-refractivity contribution is -0.122. The summed E-state index contributed by atoms with van der Waals surface area (Å²) in [7, 11) is 1.66. The third kappa shape index (κ3) is 5.88. The van der Waals surface area contributed by atoms with Crippen molar-refractivity contribution in [3.8, 4) is 5.75 Å². The quantitative estimate of drug-likeness (QED) is 0.197. The monoisotopic (exact) mass is 577 g/mol. The second-order valence-corrected chi connectivity index (χ2v) is 11.8. The van der Waals surface area contributed by atoms with Crippen LogP contribution < -0.4 is 20.1 Å². The van der Waals surface area contributed by atoms with Crippen LogP contribution in [0.15, 0.2) is 52.3 Å². The van der Waals surface area contributed by atoms with Crippen molar-refractivity contribution in [2.75, 3.05) is 49.6 Å². The van der Waals surface area contributed by atoms with Crippen LogP contribution in [0.1, 0.15) is 43.7 Å². The number of hydrogen-bond donors (Lipinski definition) is 0. The molecule has 2 aliphatic heterocycles. The highest BCUT2D eigenvalue weighted by Crippen LogP contribution is 2.34. The summed E-state index contributed by atoms with van der Waals surface area (Å²) in [5.74, 6) is 1.31. The summed E-state index contributed by atoms with van der Waals surface area (Å²) in [6.45, 7) is 7.66. The minimum Gasteiger partial charge on any atom is -0.497 e. The second kappa shape index (κ2) is 12.4. The number of ether oxygens (including phenoxy) is 1. The van der Waals surface area contributed by atoms with E-state index in [0.717, 1.165) is 55.8 Å². The SMILES string of the molecule is CCCCCCN1C(=O)/C(=C/c2c(N3CCN(c4ccc(OC)cc4)CC3)nc3ccc(C)cn3c2=O)SC1=S. The molecule has 10 heteroatoms. The van der Waals surface area contributed by atoms with E-state index in [1.165, 1.54) is 11.8 Å². The fraction of sp³-hybridized carbons (Fsp3) is 0.400. The van der Waals surface area contributed by atoms with Crippen LogP contribution in [0, 0.1) is 6.92 Å². The molecule has 8 nitrogen and oxygen atoms in total. The minimum absolute atomic E-state index is 0.129. The number of carbonyl (C=O) groups excluding carboxylic acids is 1. The Morgan fingerprint density at radius 3 is 2.42 bits per heavy atom. The lowest BCUT2D eigenvalue weighted by atomic mass is 10.2. The first-order valence-electron chi connectivity index (χ1n) is 13.8. The van der Waals surface area contributed by atoms with Gasteiger partial charge in [-0.15, -0.1) is 0 Å². The van der Waals surface area contributed by atoms with E-state index in [4.69, 9.17) is 21.9 Å². The number of nitrogens with zero attached hydrogens (tertiary/aromatic N) is 5. The molecule has 5 rings (SSSR count). The molecule has 0 unspecified atom stereocenters. The standard InChI is InChI=1S/C30H35N5O3S2/c1-4-5-6-7-14-34-29(37)25(40-30(34)39)19-24-27(31-26-13-8-21(2)20-35(26)28(24)36)33-17-15-32(16-18-33)22-9-11-23(38-3)12-10-22/h8-13,19-20H,4-7,14-18H2,1-3H3/b25-19-. The molecule has 2 saturated heterocycles. The first-order valence-corrected chi connectivity index (χ1v) is 15.0. The fourth-order valence-electron chi connectivity index (χ4n) is 5.10. The molecule has 4 heterocycles. The van der Waals surface area contributed by atoms with Gasteiger partial charge in [-0.25, -0.2) is 4.98 Å². The Morgan fingerprint density at radius 2 is 1.73 bits per heavy atom. The number of aryl methyl sites for hydroxylation is 1. The van der Waals surface area contributed by atoms with Gasteiger partial charge >= 0.3 is 0 Å². The van der Waals surface area contributed by atoms with E-state index in [-0.39, 0.29) is 11.5 Å². The van der Waals surface area contributed by atoms with Crippen molar-refractivity contribution in [3.05, 3.63) is 69.0 Å². The highest BCUT2D eigenvalue weighted by molar-refractivity contribution is 8.26. The molecule has 3 aromatic rings. The molecule has 0 atom stereocenters. The van der Waals surface area contributed by atoms with Gasteiger partial charge in [0.2, 0.25) is 0 Å². The van der Waals surface area contributed by atoms with Crippen molar-refractivity contribution < 1.29 is 9.53 Å². The molecule has 0 N–H and O–H groups in total. The molecule has 2 aromatic heterocycles. The number of hydrogen-bond acceptors (Lipinski definition) is 8. The topological polar surface area (TPSA) is 70.4 Å². The molecule has 0 aliphatic carbocycles. The maximum absolute atomic E-state index is 13.9. The second-order valence-electron chi connectivity index (χ2n) is 10.2. The summed E-state index contributed by atoms with van der Waals surface area (Å²) in [5.41, 5.74) is 2.91. The zero-order valence-electron chi connectivity index (χ0n) is 23.3. The summed E-state index contributed by atoms with van der Waals surface area (Å²) in [6.07, 6.45) is 7.75. The van der Waals surface area contributed by atoms with E-state index < -0.39 is 0 Å². The normalized spacial score (nSPS) is 17.0. The lowest BCUT2D eigenvalue weighted by Gasteiger charge is -2.37. The van der Waals surface area contributed by atoms with Gasteiger partial charge in [-0.3, -0.25) is 18.9 Å². The summed E-state index contributed by atoms with van der Waals surface area (Å²) in [5, 5.41) is 0. The van der Waals surface area contributed by atoms with Crippen LogP contribution in [0.5, 0.6) is 5.75 Å². The van der Waals surface area contributed by atoms with Gasteiger partial charge in [0.15, 0.2) is 0 Å². The number of fused-ring (bicyclic) bond motifs is 1. The largest absolute Gasteiger partial charge is 0.497 e. The Hall–Kier alpha value is -3.37. The summed E-state index contributed by atoms with van der Waals surface area (Å²) in [6, 6.07) is 11.9. The van der Waals surface area contributed by atoms with E-state index in [1.807, 2.05) is 31.2 Å². The Kier molecular flexibility index (Phi) is 8.75.